The molecule has 1 aromatic carbocycles. The van der Waals surface area contributed by atoms with E-state index in [0.29, 0.717) is 16.5 Å². The molecule has 1 rings (SSSR count). The minimum Gasteiger partial charge on any atom is -0.300 e. The highest BCUT2D eigenvalue weighted by Gasteiger charge is 2.11. The lowest BCUT2D eigenvalue weighted by atomic mass is 9.98. The van der Waals surface area contributed by atoms with Crippen LogP contribution in [0.3, 0.4) is 0 Å². The van der Waals surface area contributed by atoms with Gasteiger partial charge in [0.25, 0.3) is 0 Å². The minimum absolute atomic E-state index is 0.00836. The van der Waals surface area contributed by atoms with Gasteiger partial charge in [0.2, 0.25) is 0 Å². The first kappa shape index (κ1) is 11.5. The average Bonchev–Trinajstić information content (AvgIpc) is 2.12. The first-order chi connectivity index (χ1) is 6.52. The van der Waals surface area contributed by atoms with Gasteiger partial charge in [-0.3, -0.25) is 4.79 Å². The fourth-order valence-electron chi connectivity index (χ4n) is 1.18. The highest BCUT2D eigenvalue weighted by molar-refractivity contribution is 6.42. The lowest BCUT2D eigenvalue weighted by Gasteiger charge is -2.09. The molecule has 0 aliphatic heterocycles. The normalized spacial score (nSPS) is 12.6. The minimum atomic E-state index is -0.00836. The summed E-state index contributed by atoms with van der Waals surface area (Å²) < 4.78 is 0. The van der Waals surface area contributed by atoms with Crippen molar-refractivity contribution in [2.45, 2.75) is 20.3 Å². The van der Waals surface area contributed by atoms with Gasteiger partial charge >= 0.3 is 0 Å². The number of Topliss-reactive ketones (excluding diaryl/α,β-unsaturated/α-hetero) is 1. The summed E-state index contributed by atoms with van der Waals surface area (Å²) in [4.78, 5) is 11.1. The molecular weight excluding hydrogens is 219 g/mol. The van der Waals surface area contributed by atoms with E-state index in [-0.39, 0.29) is 11.7 Å². The molecule has 0 aliphatic carbocycles. The van der Waals surface area contributed by atoms with E-state index in [2.05, 4.69) is 0 Å². The summed E-state index contributed by atoms with van der Waals surface area (Å²) >= 11 is 11.9. The Morgan fingerprint density at radius 2 is 2.07 bits per heavy atom. The molecule has 0 amide bonds. The third kappa shape index (κ3) is 2.73. The number of halogens is 2. The topological polar surface area (TPSA) is 17.1 Å². The van der Waals surface area contributed by atoms with Crippen molar-refractivity contribution < 1.29 is 4.79 Å². The van der Waals surface area contributed by atoms with Crippen molar-refractivity contribution in [3.8, 4) is 0 Å². The van der Waals surface area contributed by atoms with Gasteiger partial charge in [-0.2, -0.15) is 0 Å². The van der Waals surface area contributed by atoms with E-state index in [9.17, 15) is 4.79 Å². The molecule has 0 N–H and O–H groups in total. The second-order valence-corrected chi connectivity index (χ2v) is 4.21. The Hall–Kier alpha value is -0.530. The summed E-state index contributed by atoms with van der Waals surface area (Å²) in [6, 6.07) is 5.48. The molecule has 0 heterocycles. The zero-order valence-electron chi connectivity index (χ0n) is 8.18. The Labute approximate surface area is 94.0 Å². The van der Waals surface area contributed by atoms with Gasteiger partial charge in [-0.15, -0.1) is 0 Å². The van der Waals surface area contributed by atoms with Crippen LogP contribution in [-0.4, -0.2) is 5.78 Å². The molecule has 0 aromatic heterocycles. The van der Waals surface area contributed by atoms with Crippen LogP contribution < -0.4 is 0 Å². The standard InChI is InChI=1S/C11H12Cl2O/c1-7(8(2)14)6-9-4-3-5-10(12)11(9)13/h3-5,7H,6H2,1-2H3. The van der Waals surface area contributed by atoms with Crippen LogP contribution in [0.25, 0.3) is 0 Å². The summed E-state index contributed by atoms with van der Waals surface area (Å²) in [6.45, 7) is 3.47. The Bertz CT molecular complexity index is 347. The molecule has 1 atom stereocenters. The van der Waals surface area contributed by atoms with Crippen molar-refractivity contribution >= 4 is 29.0 Å². The third-order valence-corrected chi connectivity index (χ3v) is 3.11. The molecule has 0 bridgehead atoms. The van der Waals surface area contributed by atoms with Crippen LogP contribution in [0.15, 0.2) is 18.2 Å². The smallest absolute Gasteiger partial charge is 0.132 e. The van der Waals surface area contributed by atoms with Crippen LogP contribution in [0.1, 0.15) is 19.4 Å². The molecule has 76 valence electrons. The Balaban J connectivity index is 2.87. The quantitative estimate of drug-likeness (QED) is 0.773. The second-order valence-electron chi connectivity index (χ2n) is 3.43. The van der Waals surface area contributed by atoms with Gasteiger partial charge in [0, 0.05) is 5.92 Å². The predicted molar refractivity (Wildman–Crippen MR) is 60.0 cm³/mol. The van der Waals surface area contributed by atoms with Gasteiger partial charge in [0.05, 0.1) is 10.0 Å². The average molecular weight is 231 g/mol. The van der Waals surface area contributed by atoms with Crippen LogP contribution in [0.4, 0.5) is 0 Å². The molecule has 0 radical (unpaired) electrons. The molecule has 14 heavy (non-hydrogen) atoms. The molecule has 3 heteroatoms. The summed E-state index contributed by atoms with van der Waals surface area (Å²) in [5.41, 5.74) is 0.932. The molecule has 0 aliphatic rings. The number of carbonyl (C=O) groups is 1. The summed E-state index contributed by atoms with van der Waals surface area (Å²) in [5, 5.41) is 1.10. The number of carbonyl (C=O) groups excluding carboxylic acids is 1. The molecule has 1 nitrogen and oxygen atoms in total. The van der Waals surface area contributed by atoms with E-state index in [4.69, 9.17) is 23.2 Å². The number of benzene rings is 1. The SMILES string of the molecule is CC(=O)C(C)Cc1cccc(Cl)c1Cl. The fraction of sp³-hybridized carbons (Fsp3) is 0.364. The number of rotatable bonds is 3. The Morgan fingerprint density at radius 3 is 2.64 bits per heavy atom. The molecule has 0 saturated heterocycles. The number of ketones is 1. The maximum Gasteiger partial charge on any atom is 0.132 e. The van der Waals surface area contributed by atoms with E-state index >= 15 is 0 Å². The van der Waals surface area contributed by atoms with E-state index < -0.39 is 0 Å². The van der Waals surface area contributed by atoms with Crippen LogP contribution in [0, 0.1) is 5.92 Å². The molecule has 0 fully saturated rings. The first-order valence-electron chi connectivity index (χ1n) is 4.45. The van der Waals surface area contributed by atoms with Crippen LogP contribution in [0.5, 0.6) is 0 Å². The van der Waals surface area contributed by atoms with Crippen LogP contribution in [-0.2, 0) is 11.2 Å². The second kappa shape index (κ2) is 4.81. The third-order valence-electron chi connectivity index (χ3n) is 2.25. The summed E-state index contributed by atoms with van der Waals surface area (Å²) in [6.07, 6.45) is 0.648. The highest BCUT2D eigenvalue weighted by atomic mass is 35.5. The van der Waals surface area contributed by atoms with Gasteiger partial charge in [0.1, 0.15) is 5.78 Å². The van der Waals surface area contributed by atoms with Gasteiger partial charge in [0.15, 0.2) is 0 Å². The Kier molecular flexibility index (Phi) is 3.97. The van der Waals surface area contributed by atoms with E-state index in [1.165, 1.54) is 0 Å². The highest BCUT2D eigenvalue weighted by Crippen LogP contribution is 2.27. The maximum atomic E-state index is 11.1. The van der Waals surface area contributed by atoms with Crippen molar-refractivity contribution in [2.24, 2.45) is 5.92 Å². The Morgan fingerprint density at radius 1 is 1.43 bits per heavy atom. The van der Waals surface area contributed by atoms with Crippen molar-refractivity contribution in [3.63, 3.8) is 0 Å². The van der Waals surface area contributed by atoms with Crippen LogP contribution >= 0.6 is 23.2 Å². The van der Waals surface area contributed by atoms with E-state index in [1.807, 2.05) is 19.1 Å². The molecule has 1 aromatic rings. The van der Waals surface area contributed by atoms with Crippen molar-refractivity contribution in [3.05, 3.63) is 33.8 Å². The van der Waals surface area contributed by atoms with Gasteiger partial charge in [-0.1, -0.05) is 42.3 Å². The molecule has 0 spiro atoms. The van der Waals surface area contributed by atoms with Crippen molar-refractivity contribution in [1.29, 1.82) is 0 Å². The number of hydrogen-bond donors (Lipinski definition) is 0. The van der Waals surface area contributed by atoms with E-state index in [1.54, 1.807) is 13.0 Å². The zero-order chi connectivity index (χ0) is 10.7. The predicted octanol–water partition coefficient (Wildman–Crippen LogP) is 3.76. The first-order valence-corrected chi connectivity index (χ1v) is 5.21. The van der Waals surface area contributed by atoms with E-state index in [0.717, 1.165) is 5.56 Å². The summed E-state index contributed by atoms with van der Waals surface area (Å²) in [5.74, 6) is 0.159. The fourth-order valence-corrected chi connectivity index (χ4v) is 1.58. The number of hydrogen-bond acceptors (Lipinski definition) is 1. The summed E-state index contributed by atoms with van der Waals surface area (Å²) in [7, 11) is 0. The molecule has 0 saturated carbocycles. The maximum absolute atomic E-state index is 11.1. The monoisotopic (exact) mass is 230 g/mol. The van der Waals surface area contributed by atoms with Crippen molar-refractivity contribution in [2.75, 3.05) is 0 Å². The van der Waals surface area contributed by atoms with Gasteiger partial charge in [-0.05, 0) is 25.0 Å². The van der Waals surface area contributed by atoms with Crippen LogP contribution in [0.2, 0.25) is 10.0 Å². The lowest BCUT2D eigenvalue weighted by Crippen LogP contribution is -2.09. The van der Waals surface area contributed by atoms with Gasteiger partial charge in [-0.25, -0.2) is 0 Å². The largest absolute Gasteiger partial charge is 0.300 e. The molecular formula is C11H12Cl2O. The van der Waals surface area contributed by atoms with Crippen molar-refractivity contribution in [1.82, 2.24) is 0 Å². The van der Waals surface area contributed by atoms with Gasteiger partial charge < -0.3 is 0 Å². The zero-order valence-corrected chi connectivity index (χ0v) is 9.69. The lowest BCUT2D eigenvalue weighted by molar-refractivity contribution is -0.120. The molecule has 1 unspecified atom stereocenters.